The first-order chi connectivity index (χ1) is 13.5. The first kappa shape index (κ1) is 21.1. The van der Waals surface area contributed by atoms with Crippen molar-refractivity contribution >= 4 is 22.9 Å². The first-order valence-corrected chi connectivity index (χ1v) is 10.1. The van der Waals surface area contributed by atoms with Crippen molar-refractivity contribution in [3.63, 3.8) is 0 Å². The van der Waals surface area contributed by atoms with Gasteiger partial charge in [0, 0.05) is 31.2 Å². The minimum atomic E-state index is -0.941. The Balaban J connectivity index is 1.83. The van der Waals surface area contributed by atoms with Gasteiger partial charge < -0.3 is 14.9 Å². The Bertz CT molecular complexity index is 912. The summed E-state index contributed by atoms with van der Waals surface area (Å²) in [5.41, 5.74) is 1.34. The van der Waals surface area contributed by atoms with Crippen LogP contribution in [0.3, 0.4) is 0 Å². The van der Waals surface area contributed by atoms with Gasteiger partial charge in [0.05, 0.1) is 5.52 Å². The van der Waals surface area contributed by atoms with Gasteiger partial charge in [-0.25, -0.2) is 9.59 Å². The molecule has 3 rings (SSSR count). The van der Waals surface area contributed by atoms with Crippen LogP contribution in [0.1, 0.15) is 46.6 Å². The molecule has 1 atom stereocenters. The number of carboxylic acid groups (broad SMARTS) is 1. The van der Waals surface area contributed by atoms with Crippen molar-refractivity contribution < 1.29 is 14.7 Å². The molecule has 156 valence electrons. The van der Waals surface area contributed by atoms with Crippen molar-refractivity contribution in [1.29, 1.82) is 0 Å². The quantitative estimate of drug-likeness (QED) is 0.785. The van der Waals surface area contributed by atoms with E-state index in [1.165, 1.54) is 4.90 Å². The highest BCUT2D eigenvalue weighted by molar-refractivity contribution is 5.86. The van der Waals surface area contributed by atoms with Gasteiger partial charge >= 0.3 is 12.0 Å². The van der Waals surface area contributed by atoms with Gasteiger partial charge in [-0.2, -0.15) is 0 Å². The molecule has 6 heteroatoms. The predicted molar refractivity (Wildman–Crippen MR) is 114 cm³/mol. The molecule has 2 amide bonds. The largest absolute Gasteiger partial charge is 0.480 e. The molecule has 1 aliphatic heterocycles. The van der Waals surface area contributed by atoms with Gasteiger partial charge in [0.25, 0.3) is 0 Å². The molecule has 2 aromatic rings. The number of fused-ring (bicyclic) bond motifs is 1. The molecule has 1 aromatic carbocycles. The summed E-state index contributed by atoms with van der Waals surface area (Å²) < 4.78 is 0. The van der Waals surface area contributed by atoms with Crippen LogP contribution in [-0.4, -0.2) is 51.0 Å². The summed E-state index contributed by atoms with van der Waals surface area (Å²) in [5, 5.41) is 11.0. The lowest BCUT2D eigenvalue weighted by atomic mass is 9.71. The number of urea groups is 1. The fourth-order valence-electron chi connectivity index (χ4n) is 4.84. The van der Waals surface area contributed by atoms with Crippen LogP contribution in [0, 0.1) is 10.8 Å². The van der Waals surface area contributed by atoms with E-state index in [-0.39, 0.29) is 11.4 Å². The Kier molecular flexibility index (Phi) is 5.57. The van der Waals surface area contributed by atoms with Crippen LogP contribution < -0.4 is 0 Å². The van der Waals surface area contributed by atoms with E-state index >= 15 is 0 Å². The number of benzene rings is 1. The molecular weight excluding hydrogens is 366 g/mol. The molecular formula is C23H31N3O3. The van der Waals surface area contributed by atoms with Crippen molar-refractivity contribution in [2.24, 2.45) is 10.8 Å². The lowest BCUT2D eigenvalue weighted by Crippen LogP contribution is -2.52. The van der Waals surface area contributed by atoms with Gasteiger partial charge in [-0.15, -0.1) is 0 Å². The van der Waals surface area contributed by atoms with Crippen molar-refractivity contribution in [3.05, 3.63) is 42.1 Å². The van der Waals surface area contributed by atoms with Crippen LogP contribution in [-0.2, 0) is 11.3 Å². The summed E-state index contributed by atoms with van der Waals surface area (Å²) in [7, 11) is 0. The van der Waals surface area contributed by atoms with E-state index in [0.29, 0.717) is 26.1 Å². The number of carbonyl (C=O) groups excluding carboxylic acids is 1. The lowest BCUT2D eigenvalue weighted by molar-refractivity contribution is -0.147. The molecule has 2 heterocycles. The third kappa shape index (κ3) is 4.52. The molecule has 0 bridgehead atoms. The molecule has 1 N–H and O–H groups in total. The van der Waals surface area contributed by atoms with E-state index in [1.54, 1.807) is 11.1 Å². The van der Waals surface area contributed by atoms with Crippen LogP contribution in [0.2, 0.25) is 0 Å². The summed E-state index contributed by atoms with van der Waals surface area (Å²) >= 11 is 0. The monoisotopic (exact) mass is 397 g/mol. The minimum absolute atomic E-state index is 0.0321. The molecule has 0 aliphatic carbocycles. The first-order valence-electron chi connectivity index (χ1n) is 10.1. The smallest absolute Gasteiger partial charge is 0.327 e. The third-order valence-electron chi connectivity index (χ3n) is 5.50. The normalized spacial score (nSPS) is 16.5. The Morgan fingerprint density at radius 2 is 1.83 bits per heavy atom. The molecule has 0 unspecified atom stereocenters. The van der Waals surface area contributed by atoms with Gasteiger partial charge in [-0.1, -0.05) is 52.8 Å². The highest BCUT2D eigenvalue weighted by Crippen LogP contribution is 2.39. The Labute approximate surface area is 172 Å². The molecule has 0 saturated carbocycles. The third-order valence-corrected chi connectivity index (χ3v) is 5.50. The second kappa shape index (κ2) is 7.65. The van der Waals surface area contributed by atoms with Crippen molar-refractivity contribution in [2.45, 2.75) is 53.6 Å². The fraction of sp³-hybridized carbons (Fsp3) is 0.522. The second-order valence-corrected chi connectivity index (χ2v) is 9.85. The van der Waals surface area contributed by atoms with Crippen LogP contribution >= 0.6 is 0 Å². The molecule has 1 aromatic heterocycles. The van der Waals surface area contributed by atoms with Gasteiger partial charge in [0.15, 0.2) is 0 Å². The number of pyridine rings is 1. The molecule has 1 aliphatic rings. The van der Waals surface area contributed by atoms with Crippen LogP contribution in [0.15, 0.2) is 36.5 Å². The number of para-hydroxylation sites is 1. The van der Waals surface area contributed by atoms with Crippen molar-refractivity contribution in [3.8, 4) is 0 Å². The number of nitrogens with zero attached hydrogens (tertiary/aromatic N) is 3. The number of carboxylic acids is 1. The highest BCUT2D eigenvalue weighted by Gasteiger charge is 2.46. The van der Waals surface area contributed by atoms with E-state index in [2.05, 4.69) is 25.8 Å². The summed E-state index contributed by atoms with van der Waals surface area (Å²) in [6.07, 6.45) is 2.46. The van der Waals surface area contributed by atoms with Crippen LogP contribution in [0.4, 0.5) is 4.79 Å². The van der Waals surface area contributed by atoms with Gasteiger partial charge in [0.2, 0.25) is 0 Å². The summed E-state index contributed by atoms with van der Waals surface area (Å²) in [5.74, 6) is -0.941. The van der Waals surface area contributed by atoms with Crippen molar-refractivity contribution in [2.75, 3.05) is 13.1 Å². The summed E-state index contributed by atoms with van der Waals surface area (Å²) in [6.45, 7) is 11.6. The van der Waals surface area contributed by atoms with E-state index in [9.17, 15) is 14.7 Å². The van der Waals surface area contributed by atoms with Gasteiger partial charge in [0.1, 0.15) is 6.04 Å². The maximum Gasteiger partial charge on any atom is 0.327 e. The average Bonchev–Trinajstić information content (AvgIpc) is 2.93. The molecule has 0 radical (unpaired) electrons. The number of carbonyl (C=O) groups is 2. The maximum absolute atomic E-state index is 13.2. The zero-order chi connectivity index (χ0) is 21.4. The van der Waals surface area contributed by atoms with Gasteiger partial charge in [-0.05, 0) is 34.9 Å². The topological polar surface area (TPSA) is 73.7 Å². The predicted octanol–water partition coefficient (Wildman–Crippen LogP) is 4.39. The number of hydrogen-bond donors (Lipinski definition) is 1. The zero-order valence-electron chi connectivity index (χ0n) is 18.0. The Morgan fingerprint density at radius 1 is 1.14 bits per heavy atom. The van der Waals surface area contributed by atoms with Crippen LogP contribution in [0.25, 0.3) is 10.9 Å². The molecule has 0 spiro atoms. The Hall–Kier alpha value is -2.63. The van der Waals surface area contributed by atoms with E-state index in [1.807, 2.05) is 44.2 Å². The number of aromatic nitrogens is 1. The zero-order valence-corrected chi connectivity index (χ0v) is 18.0. The van der Waals surface area contributed by atoms with Gasteiger partial charge in [-0.3, -0.25) is 4.98 Å². The second-order valence-electron chi connectivity index (χ2n) is 9.85. The summed E-state index contributed by atoms with van der Waals surface area (Å²) in [4.78, 5) is 33.0. The van der Waals surface area contributed by atoms with Crippen LogP contribution in [0.5, 0.6) is 0 Å². The molecule has 1 saturated heterocycles. The standard InChI is InChI=1S/C23H31N3O3/c1-22(2,3)15-23(4,5)19(20(27)28)26-13-12-25(21(26)29)14-16-10-11-24-18-9-7-6-8-17(16)18/h6-11,19H,12-15H2,1-5H3,(H,27,28)/t19-/m1/s1. The number of aliphatic carboxylic acids is 1. The maximum atomic E-state index is 13.2. The van der Waals surface area contributed by atoms with E-state index < -0.39 is 17.4 Å². The minimum Gasteiger partial charge on any atom is -0.480 e. The van der Waals surface area contributed by atoms with E-state index in [0.717, 1.165) is 16.5 Å². The fourth-order valence-corrected chi connectivity index (χ4v) is 4.84. The molecule has 29 heavy (non-hydrogen) atoms. The number of amides is 2. The number of rotatable bonds is 6. The Morgan fingerprint density at radius 3 is 2.48 bits per heavy atom. The SMILES string of the molecule is CC(C)(C)CC(C)(C)[C@@H](C(=O)O)N1CCN(Cc2ccnc3ccccc23)C1=O. The highest BCUT2D eigenvalue weighted by atomic mass is 16.4. The van der Waals surface area contributed by atoms with Crippen molar-refractivity contribution in [1.82, 2.24) is 14.8 Å². The van der Waals surface area contributed by atoms with E-state index in [4.69, 9.17) is 0 Å². The number of hydrogen-bond acceptors (Lipinski definition) is 3. The lowest BCUT2D eigenvalue weighted by Gasteiger charge is -2.40. The summed E-state index contributed by atoms with van der Waals surface area (Å²) in [6, 6.07) is 8.72. The average molecular weight is 398 g/mol. The molecule has 6 nitrogen and oxygen atoms in total. The molecule has 1 fully saturated rings.